The van der Waals surface area contributed by atoms with Crippen molar-refractivity contribution in [3.8, 4) is 0 Å². The molecule has 2 aromatic rings. The summed E-state index contributed by atoms with van der Waals surface area (Å²) in [6.45, 7) is 8.34. The molecule has 21 heavy (non-hydrogen) atoms. The fourth-order valence-corrected chi connectivity index (χ4v) is 6.49. The second-order valence-electron chi connectivity index (χ2n) is 5.20. The first kappa shape index (κ1) is 15.3. The Morgan fingerprint density at radius 2 is 1.38 bits per heavy atom. The van der Waals surface area contributed by atoms with Gasteiger partial charge < -0.3 is 0 Å². The first-order chi connectivity index (χ1) is 10.2. The molecule has 0 atom stereocenters. The molecule has 2 rings (SSSR count). The predicted molar refractivity (Wildman–Crippen MR) is 96.9 cm³/mol. The van der Waals surface area contributed by atoms with Crippen molar-refractivity contribution >= 4 is 18.4 Å². The van der Waals surface area contributed by atoms with E-state index < -0.39 is 8.07 Å². The summed E-state index contributed by atoms with van der Waals surface area (Å²) in [7, 11) is -1.94. The van der Waals surface area contributed by atoms with Gasteiger partial charge in [-0.2, -0.15) is 0 Å². The van der Waals surface area contributed by atoms with Crippen LogP contribution in [0.3, 0.4) is 0 Å². The quantitative estimate of drug-likeness (QED) is 0.574. The number of hydrogen-bond donors (Lipinski definition) is 0. The highest BCUT2D eigenvalue weighted by molar-refractivity contribution is 7.07. The Kier molecular flexibility index (Phi) is 5.13. The zero-order valence-electron chi connectivity index (χ0n) is 12.8. The highest BCUT2D eigenvalue weighted by Crippen LogP contribution is 2.17. The van der Waals surface area contributed by atoms with Crippen molar-refractivity contribution < 1.29 is 0 Å². The lowest BCUT2D eigenvalue weighted by molar-refractivity contribution is 1.60. The summed E-state index contributed by atoms with van der Waals surface area (Å²) < 4.78 is 0. The molecule has 0 aliphatic carbocycles. The average Bonchev–Trinajstić information content (AvgIpc) is 2.57. The van der Waals surface area contributed by atoms with Crippen molar-refractivity contribution in [3.63, 3.8) is 0 Å². The molecule has 1 heteroatoms. The minimum Gasteiger partial charge on any atom is -0.0991 e. The third-order valence-corrected chi connectivity index (χ3v) is 8.59. The Balaban J connectivity index is 2.65. The average molecular weight is 290 g/mol. The number of rotatable bonds is 5. The monoisotopic (exact) mass is 290 g/mol. The Morgan fingerprint density at radius 1 is 0.905 bits per heavy atom. The summed E-state index contributed by atoms with van der Waals surface area (Å²) in [6.07, 6.45) is 8.33. The Hall–Kier alpha value is -2.12. The molecule has 0 aromatic heterocycles. The Labute approximate surface area is 129 Å². The summed E-state index contributed by atoms with van der Waals surface area (Å²) in [4.78, 5) is 0. The molecule has 0 heterocycles. The molecule has 0 spiro atoms. The molecule has 0 bridgehead atoms. The van der Waals surface area contributed by atoms with Gasteiger partial charge >= 0.3 is 0 Å². The van der Waals surface area contributed by atoms with Gasteiger partial charge in [-0.25, -0.2) is 0 Å². The van der Waals surface area contributed by atoms with Crippen LogP contribution in [0.4, 0.5) is 0 Å². The summed E-state index contributed by atoms with van der Waals surface area (Å²) in [5.41, 5.74) is 0. The van der Waals surface area contributed by atoms with E-state index in [-0.39, 0.29) is 0 Å². The molecule has 0 radical (unpaired) electrons. The number of hydrogen-bond acceptors (Lipinski definition) is 0. The molecule has 0 nitrogen and oxygen atoms in total. The van der Waals surface area contributed by atoms with Crippen LogP contribution in [-0.2, 0) is 0 Å². The third-order valence-electron chi connectivity index (χ3n) is 4.00. The lowest BCUT2D eigenvalue weighted by Crippen LogP contribution is -2.57. The van der Waals surface area contributed by atoms with Crippen LogP contribution in [-0.4, -0.2) is 8.07 Å². The van der Waals surface area contributed by atoms with Gasteiger partial charge in [0.25, 0.3) is 0 Å². The van der Waals surface area contributed by atoms with E-state index in [0.29, 0.717) is 0 Å². The smallest absolute Gasteiger partial charge is 0.0991 e. The van der Waals surface area contributed by atoms with Crippen LogP contribution in [0.1, 0.15) is 6.92 Å². The predicted octanol–water partition coefficient (Wildman–Crippen LogP) is 4.11. The van der Waals surface area contributed by atoms with Crippen molar-refractivity contribution in [3.05, 3.63) is 96.7 Å². The van der Waals surface area contributed by atoms with Crippen molar-refractivity contribution in [2.75, 3.05) is 0 Å². The van der Waals surface area contributed by atoms with E-state index >= 15 is 0 Å². The Morgan fingerprint density at radius 3 is 1.76 bits per heavy atom. The molecule has 106 valence electrons. The maximum absolute atomic E-state index is 3.80. The first-order valence-corrected chi connectivity index (χ1v) is 9.80. The van der Waals surface area contributed by atoms with Crippen molar-refractivity contribution in [1.82, 2.24) is 0 Å². The fraction of sp³-hybridized carbons (Fsp3) is 0.100. The minimum atomic E-state index is -1.94. The molecular weight excluding hydrogens is 268 g/mol. The fourth-order valence-electron chi connectivity index (χ4n) is 2.77. The summed E-state index contributed by atoms with van der Waals surface area (Å²) in [5, 5.41) is 4.26. The van der Waals surface area contributed by atoms with Gasteiger partial charge in [0, 0.05) is 0 Å². The highest BCUT2D eigenvalue weighted by atomic mass is 28.3. The van der Waals surface area contributed by atoms with Crippen molar-refractivity contribution in [1.29, 1.82) is 0 Å². The maximum Gasteiger partial charge on any atom is 0.144 e. The zero-order valence-corrected chi connectivity index (χ0v) is 13.8. The van der Waals surface area contributed by atoms with E-state index in [4.69, 9.17) is 0 Å². The van der Waals surface area contributed by atoms with Crippen LogP contribution in [0, 0.1) is 0 Å². The lowest BCUT2D eigenvalue weighted by atomic mass is 10.4. The van der Waals surface area contributed by atoms with E-state index in [9.17, 15) is 0 Å². The normalized spacial score (nSPS) is 12.6. The zero-order chi connectivity index (χ0) is 15.1. The van der Waals surface area contributed by atoms with Gasteiger partial charge in [0.05, 0.1) is 0 Å². The minimum absolute atomic E-state index is 1.40. The van der Waals surface area contributed by atoms with Gasteiger partial charge in [-0.05, 0) is 17.3 Å². The molecule has 0 fully saturated rings. The van der Waals surface area contributed by atoms with Crippen molar-refractivity contribution in [2.45, 2.75) is 13.5 Å². The number of allylic oxidation sites excluding steroid dienone is 5. The van der Waals surface area contributed by atoms with E-state index in [1.807, 2.05) is 12.2 Å². The van der Waals surface area contributed by atoms with Gasteiger partial charge in [-0.3, -0.25) is 0 Å². The van der Waals surface area contributed by atoms with Gasteiger partial charge in [0.15, 0.2) is 0 Å². The molecule has 0 saturated carbocycles. The molecule has 2 aromatic carbocycles. The van der Waals surface area contributed by atoms with Crippen LogP contribution in [0.5, 0.6) is 0 Å². The van der Waals surface area contributed by atoms with Crippen LogP contribution in [0.2, 0.25) is 6.55 Å². The molecule has 0 unspecified atom stereocenters. The summed E-state index contributed by atoms with van der Waals surface area (Å²) >= 11 is 0. The van der Waals surface area contributed by atoms with E-state index in [2.05, 4.69) is 92.9 Å². The van der Waals surface area contributed by atoms with Gasteiger partial charge in [0.2, 0.25) is 0 Å². The largest absolute Gasteiger partial charge is 0.144 e. The molecule has 0 saturated heterocycles. The first-order valence-electron chi connectivity index (χ1n) is 7.30. The second kappa shape index (κ2) is 7.05. The molecule has 0 amide bonds. The lowest BCUT2D eigenvalue weighted by Gasteiger charge is -2.30. The summed E-state index contributed by atoms with van der Waals surface area (Å²) in [5.74, 6) is 0. The molecule has 0 aliphatic heterocycles. The van der Waals surface area contributed by atoms with Gasteiger partial charge in [-0.15, -0.1) is 0 Å². The van der Waals surface area contributed by atoms with Crippen LogP contribution in [0.25, 0.3) is 0 Å². The number of benzene rings is 2. The third kappa shape index (κ3) is 3.14. The van der Waals surface area contributed by atoms with Crippen LogP contribution in [0.15, 0.2) is 96.7 Å². The molecule has 0 N–H and O–H groups in total. The maximum atomic E-state index is 3.80. The van der Waals surface area contributed by atoms with E-state index in [1.165, 1.54) is 15.6 Å². The second-order valence-corrected chi connectivity index (χ2v) is 9.18. The topological polar surface area (TPSA) is 0 Å². The van der Waals surface area contributed by atoms with Crippen LogP contribution < -0.4 is 10.4 Å². The molecule has 0 aliphatic rings. The Bertz CT molecular complexity index is 597. The van der Waals surface area contributed by atoms with Gasteiger partial charge in [0.1, 0.15) is 8.07 Å². The highest BCUT2D eigenvalue weighted by Gasteiger charge is 2.34. The van der Waals surface area contributed by atoms with E-state index in [0.717, 1.165) is 0 Å². The SMILES string of the molecule is C=C/C=C\C(=C/C)[Si](C)(c1ccccc1)c1ccccc1. The summed E-state index contributed by atoms with van der Waals surface area (Å²) in [6, 6.07) is 21.7. The van der Waals surface area contributed by atoms with Gasteiger partial charge in [-0.1, -0.05) is 103 Å². The van der Waals surface area contributed by atoms with Crippen LogP contribution >= 0.6 is 0 Å². The molecular formula is C20H22Si. The standard InChI is InChI=1S/C20H22Si/c1-4-6-13-18(5-2)21(3,19-14-9-7-10-15-19)20-16-11-8-12-17-20/h4-17H,1H2,2-3H3/b13-6-,18-5+. The van der Waals surface area contributed by atoms with E-state index in [1.54, 1.807) is 0 Å². The van der Waals surface area contributed by atoms with Crippen molar-refractivity contribution in [2.24, 2.45) is 0 Å².